The number of morpholine rings is 1. The number of carbonyl (C=O) groups excluding carboxylic acids is 2. The second-order valence-electron chi connectivity index (χ2n) is 7.52. The molecule has 1 fully saturated rings. The molecule has 0 saturated carbocycles. The van der Waals surface area contributed by atoms with Gasteiger partial charge in [-0.05, 0) is 42.8 Å². The summed E-state index contributed by atoms with van der Waals surface area (Å²) in [5, 5.41) is 2.75. The molecule has 33 heavy (non-hydrogen) atoms. The largest absolute Gasteiger partial charge is 0.454 e. The molecule has 2 aliphatic rings. The fraction of sp³-hybridized carbons (Fsp3) is 0.364. The van der Waals surface area contributed by atoms with E-state index in [1.54, 1.807) is 19.1 Å². The number of fused-ring (bicyclic) bond motifs is 1. The molecule has 0 unspecified atom stereocenters. The molecule has 1 saturated heterocycles. The van der Waals surface area contributed by atoms with E-state index in [-0.39, 0.29) is 36.4 Å². The lowest BCUT2D eigenvalue weighted by molar-refractivity contribution is -0.124. The predicted octanol–water partition coefficient (Wildman–Crippen LogP) is 1.47. The predicted molar refractivity (Wildman–Crippen MR) is 115 cm³/mol. The summed E-state index contributed by atoms with van der Waals surface area (Å²) in [6, 6.07) is 10.6. The minimum atomic E-state index is -3.75. The van der Waals surface area contributed by atoms with Gasteiger partial charge in [-0.1, -0.05) is 12.1 Å². The third kappa shape index (κ3) is 5.27. The first-order chi connectivity index (χ1) is 15.8. The maximum absolute atomic E-state index is 12.8. The van der Waals surface area contributed by atoms with Gasteiger partial charge in [0.05, 0.1) is 29.7 Å². The molecular formula is C22H24N2O8S. The van der Waals surface area contributed by atoms with Crippen LogP contribution in [-0.2, 0) is 24.3 Å². The van der Waals surface area contributed by atoms with Crippen LogP contribution in [0, 0.1) is 0 Å². The van der Waals surface area contributed by atoms with Crippen LogP contribution in [0.15, 0.2) is 47.4 Å². The van der Waals surface area contributed by atoms with Gasteiger partial charge in [0, 0.05) is 13.1 Å². The second-order valence-corrected chi connectivity index (χ2v) is 9.46. The smallest absolute Gasteiger partial charge is 0.338 e. The van der Waals surface area contributed by atoms with Gasteiger partial charge in [0.25, 0.3) is 5.91 Å². The van der Waals surface area contributed by atoms with Crippen molar-refractivity contribution in [2.45, 2.75) is 17.9 Å². The Morgan fingerprint density at radius 2 is 1.85 bits per heavy atom. The Labute approximate surface area is 191 Å². The molecule has 0 aromatic heterocycles. The van der Waals surface area contributed by atoms with E-state index >= 15 is 0 Å². The van der Waals surface area contributed by atoms with Gasteiger partial charge in [-0.3, -0.25) is 4.79 Å². The second kappa shape index (κ2) is 9.77. The Bertz CT molecular complexity index is 1140. The highest BCUT2D eigenvalue weighted by atomic mass is 32.2. The highest BCUT2D eigenvalue weighted by Crippen LogP contribution is 2.34. The van der Waals surface area contributed by atoms with E-state index < -0.39 is 28.5 Å². The number of amides is 1. The third-order valence-corrected chi connectivity index (χ3v) is 7.18. The van der Waals surface area contributed by atoms with E-state index in [1.807, 2.05) is 6.07 Å². The van der Waals surface area contributed by atoms with Crippen LogP contribution in [0.2, 0.25) is 0 Å². The molecule has 1 N–H and O–H groups in total. The Kier molecular flexibility index (Phi) is 6.82. The van der Waals surface area contributed by atoms with Crippen LogP contribution in [0.25, 0.3) is 0 Å². The van der Waals surface area contributed by atoms with E-state index in [1.165, 1.54) is 28.6 Å². The number of rotatable bonds is 7. The summed E-state index contributed by atoms with van der Waals surface area (Å²) >= 11 is 0. The van der Waals surface area contributed by atoms with Gasteiger partial charge in [0.1, 0.15) is 0 Å². The van der Waals surface area contributed by atoms with Crippen LogP contribution in [-0.4, -0.2) is 64.3 Å². The first-order valence-electron chi connectivity index (χ1n) is 10.4. The van der Waals surface area contributed by atoms with Gasteiger partial charge >= 0.3 is 5.97 Å². The molecule has 2 aromatic rings. The lowest BCUT2D eigenvalue weighted by Crippen LogP contribution is -2.40. The number of esters is 1. The molecule has 2 aliphatic heterocycles. The fourth-order valence-electron chi connectivity index (χ4n) is 3.48. The lowest BCUT2D eigenvalue weighted by atomic mass is 10.1. The Morgan fingerprint density at radius 3 is 2.64 bits per heavy atom. The van der Waals surface area contributed by atoms with Gasteiger partial charge in [0.15, 0.2) is 18.1 Å². The van der Waals surface area contributed by atoms with Crippen molar-refractivity contribution in [2.24, 2.45) is 0 Å². The summed E-state index contributed by atoms with van der Waals surface area (Å²) in [6.45, 7) is 2.58. The van der Waals surface area contributed by atoms with E-state index in [0.29, 0.717) is 24.7 Å². The zero-order valence-electron chi connectivity index (χ0n) is 18.0. The molecule has 176 valence electrons. The number of ether oxygens (including phenoxy) is 4. The van der Waals surface area contributed by atoms with Gasteiger partial charge in [-0.15, -0.1) is 0 Å². The van der Waals surface area contributed by atoms with E-state index in [4.69, 9.17) is 18.9 Å². The number of hydrogen-bond donors (Lipinski definition) is 1. The monoisotopic (exact) mass is 476 g/mol. The average Bonchev–Trinajstić information content (AvgIpc) is 3.31. The molecular weight excluding hydrogens is 452 g/mol. The van der Waals surface area contributed by atoms with Crippen molar-refractivity contribution in [1.29, 1.82) is 0 Å². The molecule has 1 atom stereocenters. The topological polar surface area (TPSA) is 120 Å². The van der Waals surface area contributed by atoms with Gasteiger partial charge in [-0.25, -0.2) is 13.2 Å². The van der Waals surface area contributed by atoms with Crippen molar-refractivity contribution in [3.63, 3.8) is 0 Å². The summed E-state index contributed by atoms with van der Waals surface area (Å²) in [6.07, 6.45) is 0. The quantitative estimate of drug-likeness (QED) is 0.597. The maximum Gasteiger partial charge on any atom is 0.338 e. The Hall–Kier alpha value is -3.15. The van der Waals surface area contributed by atoms with Gasteiger partial charge < -0.3 is 24.3 Å². The van der Waals surface area contributed by atoms with Crippen molar-refractivity contribution in [1.82, 2.24) is 9.62 Å². The molecule has 10 nitrogen and oxygen atoms in total. The molecule has 0 bridgehead atoms. The molecule has 4 rings (SSSR count). The first kappa shape index (κ1) is 23.0. The van der Waals surface area contributed by atoms with Crippen LogP contribution in [0.4, 0.5) is 0 Å². The summed E-state index contributed by atoms with van der Waals surface area (Å²) < 4.78 is 47.8. The van der Waals surface area contributed by atoms with Crippen molar-refractivity contribution >= 4 is 21.9 Å². The average molecular weight is 477 g/mol. The fourth-order valence-corrected chi connectivity index (χ4v) is 4.94. The standard InChI is InChI=1S/C22H24N2O8S/c1-15(16-5-6-19-20(12-16)32-14-31-19)23-21(25)13-30-22(26)17-3-2-4-18(11-17)33(27,28)24-7-9-29-10-8-24/h2-6,11-12,15H,7-10,13-14H2,1H3,(H,23,25)/t15-/m1/s1. The summed E-state index contributed by atoms with van der Waals surface area (Å²) in [5.74, 6) is -0.0402. The number of nitrogens with one attached hydrogen (secondary N) is 1. The minimum Gasteiger partial charge on any atom is -0.454 e. The number of benzene rings is 2. The molecule has 2 heterocycles. The number of nitrogens with zero attached hydrogens (tertiary/aromatic N) is 1. The third-order valence-electron chi connectivity index (χ3n) is 5.29. The van der Waals surface area contributed by atoms with Crippen LogP contribution < -0.4 is 14.8 Å². The maximum atomic E-state index is 12.8. The van der Waals surface area contributed by atoms with Crippen molar-refractivity contribution in [2.75, 3.05) is 39.7 Å². The number of hydrogen-bond acceptors (Lipinski definition) is 8. The van der Waals surface area contributed by atoms with Crippen LogP contribution >= 0.6 is 0 Å². The van der Waals surface area contributed by atoms with Crippen molar-refractivity contribution in [3.8, 4) is 11.5 Å². The van der Waals surface area contributed by atoms with Gasteiger partial charge in [0.2, 0.25) is 16.8 Å². The molecule has 2 aromatic carbocycles. The van der Waals surface area contributed by atoms with E-state index in [2.05, 4.69) is 5.32 Å². The minimum absolute atomic E-state index is 0.0141. The highest BCUT2D eigenvalue weighted by molar-refractivity contribution is 7.89. The van der Waals surface area contributed by atoms with E-state index in [9.17, 15) is 18.0 Å². The molecule has 0 radical (unpaired) electrons. The van der Waals surface area contributed by atoms with Crippen LogP contribution in [0.5, 0.6) is 11.5 Å². The van der Waals surface area contributed by atoms with E-state index in [0.717, 1.165) is 5.56 Å². The molecule has 0 spiro atoms. The van der Waals surface area contributed by atoms with Crippen molar-refractivity contribution < 1.29 is 37.0 Å². The Balaban J connectivity index is 1.34. The normalized spacial score (nSPS) is 16.8. The zero-order valence-corrected chi connectivity index (χ0v) is 18.8. The SMILES string of the molecule is C[C@@H](NC(=O)COC(=O)c1cccc(S(=O)(=O)N2CCOCC2)c1)c1ccc2c(c1)OCO2. The van der Waals surface area contributed by atoms with Crippen molar-refractivity contribution in [3.05, 3.63) is 53.6 Å². The highest BCUT2D eigenvalue weighted by Gasteiger charge is 2.27. The number of sulfonamides is 1. The molecule has 11 heteroatoms. The molecule has 1 amide bonds. The first-order valence-corrected chi connectivity index (χ1v) is 11.8. The summed E-state index contributed by atoms with van der Waals surface area (Å²) in [7, 11) is -3.75. The summed E-state index contributed by atoms with van der Waals surface area (Å²) in [5.41, 5.74) is 0.848. The zero-order chi connectivity index (χ0) is 23.4. The number of carbonyl (C=O) groups is 2. The Morgan fingerprint density at radius 1 is 1.09 bits per heavy atom. The van der Waals surface area contributed by atoms with Crippen LogP contribution in [0.1, 0.15) is 28.9 Å². The van der Waals surface area contributed by atoms with Crippen LogP contribution in [0.3, 0.4) is 0 Å². The lowest BCUT2D eigenvalue weighted by Gasteiger charge is -2.26. The molecule has 0 aliphatic carbocycles. The van der Waals surface area contributed by atoms with Gasteiger partial charge in [-0.2, -0.15) is 4.31 Å². The summed E-state index contributed by atoms with van der Waals surface area (Å²) in [4.78, 5) is 24.7.